The molecule has 3 fully saturated rings. The van der Waals surface area contributed by atoms with Crippen molar-refractivity contribution in [3.8, 4) is 0 Å². The molecule has 0 radical (unpaired) electrons. The van der Waals surface area contributed by atoms with Crippen molar-refractivity contribution in [2.24, 2.45) is 17.8 Å². The van der Waals surface area contributed by atoms with E-state index in [2.05, 4.69) is 5.32 Å². The van der Waals surface area contributed by atoms with Crippen LogP contribution in [0.5, 0.6) is 0 Å². The maximum absolute atomic E-state index is 12.2. The molecule has 1 heterocycles. The zero-order valence-corrected chi connectivity index (χ0v) is 14.5. The van der Waals surface area contributed by atoms with E-state index in [1.54, 1.807) is 6.92 Å². The van der Waals surface area contributed by atoms with E-state index in [9.17, 15) is 14.8 Å². The van der Waals surface area contributed by atoms with Crippen LogP contribution in [0.4, 0.5) is 0 Å². The normalized spacial score (nSPS) is 39.3. The second-order valence-electron chi connectivity index (χ2n) is 8.20. The van der Waals surface area contributed by atoms with Gasteiger partial charge in [-0.2, -0.15) is 0 Å². The van der Waals surface area contributed by atoms with E-state index >= 15 is 0 Å². The topological polar surface area (TPSA) is 69.6 Å². The highest BCUT2D eigenvalue weighted by Crippen LogP contribution is 2.52. The summed E-state index contributed by atoms with van der Waals surface area (Å²) in [5, 5.41) is 23.1. The van der Waals surface area contributed by atoms with Crippen molar-refractivity contribution >= 4 is 12.9 Å². The fraction of sp³-hybridized carbons (Fsp3) is 0.944. The van der Waals surface area contributed by atoms with E-state index in [0.29, 0.717) is 11.7 Å². The summed E-state index contributed by atoms with van der Waals surface area (Å²) < 4.78 is 0. The third-order valence-electron chi connectivity index (χ3n) is 6.93. The summed E-state index contributed by atoms with van der Waals surface area (Å²) in [5.74, 6) is 0.985. The maximum atomic E-state index is 12.2. The van der Waals surface area contributed by atoms with Crippen molar-refractivity contribution in [1.29, 1.82) is 0 Å². The summed E-state index contributed by atoms with van der Waals surface area (Å²) in [7, 11) is -1.32. The number of nitrogens with one attached hydrogen (secondary N) is 1. The average molecular weight is 321 g/mol. The Hall–Kier alpha value is -0.385. The van der Waals surface area contributed by atoms with Gasteiger partial charge in [-0.15, -0.1) is 0 Å². The van der Waals surface area contributed by atoms with Gasteiger partial charge in [0.2, 0.25) is 0 Å². The summed E-state index contributed by atoms with van der Waals surface area (Å²) in [6.07, 6.45) is 12.9. The first-order chi connectivity index (χ1) is 11.0. The molecule has 3 N–H and O–H groups in total. The molecular formula is C18H32BNO3. The molecule has 2 aliphatic carbocycles. The molecule has 0 amide bonds. The molecule has 130 valence electrons. The molecule has 2 saturated carbocycles. The Balaban J connectivity index is 1.88. The zero-order valence-electron chi connectivity index (χ0n) is 14.5. The van der Waals surface area contributed by atoms with E-state index < -0.39 is 7.12 Å². The Morgan fingerprint density at radius 2 is 1.70 bits per heavy atom. The van der Waals surface area contributed by atoms with Crippen LogP contribution in [0.3, 0.4) is 0 Å². The first-order valence-electron chi connectivity index (χ1n) is 9.69. The molecule has 0 spiro atoms. The highest BCUT2D eigenvalue weighted by atomic mass is 16.4. The third kappa shape index (κ3) is 3.38. The van der Waals surface area contributed by atoms with Gasteiger partial charge in [-0.3, -0.25) is 4.79 Å². The minimum Gasteiger partial charge on any atom is -0.426 e. The highest BCUT2D eigenvalue weighted by molar-refractivity contribution is 6.43. The zero-order chi connectivity index (χ0) is 16.4. The number of hydrogen-bond acceptors (Lipinski definition) is 4. The van der Waals surface area contributed by atoms with Crippen molar-refractivity contribution in [2.75, 3.05) is 0 Å². The molecule has 1 aliphatic heterocycles. The molecule has 0 aromatic rings. The minimum absolute atomic E-state index is 0.0414. The average Bonchev–Trinajstić information content (AvgIpc) is 2.87. The maximum Gasteiger partial charge on any atom is 0.469 e. The van der Waals surface area contributed by atoms with Crippen molar-refractivity contribution in [1.82, 2.24) is 5.32 Å². The molecule has 0 aromatic heterocycles. The van der Waals surface area contributed by atoms with Crippen molar-refractivity contribution in [2.45, 2.75) is 89.0 Å². The van der Waals surface area contributed by atoms with E-state index in [1.165, 1.54) is 44.9 Å². The fourth-order valence-electron chi connectivity index (χ4n) is 5.87. The summed E-state index contributed by atoms with van der Waals surface area (Å²) in [6.45, 7) is 1.72. The van der Waals surface area contributed by atoms with Gasteiger partial charge in [0.25, 0.3) is 0 Å². The lowest BCUT2D eigenvalue weighted by atomic mass is 9.59. The number of ketones is 1. The first kappa shape index (κ1) is 17.4. The van der Waals surface area contributed by atoms with Crippen LogP contribution in [0.15, 0.2) is 0 Å². The standard InChI is InChI=1S/C18H32BNO3/c1-13(21)15-10-7-11-18(14-8-5-3-2-4-6-9-14)16(15)12-17(20-18)19(22)23/h14-17,20,22-23H,2-12H2,1H3. The predicted octanol–water partition coefficient (Wildman–Crippen LogP) is 2.46. The van der Waals surface area contributed by atoms with Crippen molar-refractivity contribution in [3.05, 3.63) is 0 Å². The van der Waals surface area contributed by atoms with Gasteiger partial charge < -0.3 is 15.4 Å². The van der Waals surface area contributed by atoms with Crippen LogP contribution in [-0.2, 0) is 4.79 Å². The van der Waals surface area contributed by atoms with E-state index in [1.807, 2.05) is 0 Å². The van der Waals surface area contributed by atoms with Gasteiger partial charge >= 0.3 is 7.12 Å². The van der Waals surface area contributed by atoms with E-state index in [4.69, 9.17) is 0 Å². The molecule has 3 rings (SSSR count). The lowest BCUT2D eigenvalue weighted by Gasteiger charge is -2.49. The van der Waals surface area contributed by atoms with Crippen LogP contribution in [0.25, 0.3) is 0 Å². The first-order valence-corrected chi connectivity index (χ1v) is 9.69. The van der Waals surface area contributed by atoms with Gasteiger partial charge in [0.15, 0.2) is 0 Å². The molecule has 3 aliphatic rings. The van der Waals surface area contributed by atoms with E-state index in [-0.39, 0.29) is 23.3 Å². The Labute approximate surface area is 140 Å². The van der Waals surface area contributed by atoms with Gasteiger partial charge in [0, 0.05) is 17.4 Å². The lowest BCUT2D eigenvalue weighted by Crippen LogP contribution is -2.58. The Morgan fingerprint density at radius 3 is 2.30 bits per heavy atom. The summed E-state index contributed by atoms with van der Waals surface area (Å²) in [6, 6.07) is 0. The summed E-state index contributed by atoms with van der Waals surface area (Å²) in [5.41, 5.74) is -0.0414. The van der Waals surface area contributed by atoms with Gasteiger partial charge in [0.05, 0.1) is 0 Å². The SMILES string of the molecule is CC(=O)C1CCCC2(C3CCCCCCC3)NC(B(O)O)CC12. The Kier molecular flexibility index (Phi) is 5.49. The molecular weight excluding hydrogens is 289 g/mol. The molecule has 4 nitrogen and oxygen atoms in total. The number of rotatable bonds is 3. The quantitative estimate of drug-likeness (QED) is 0.699. The molecule has 4 atom stereocenters. The highest BCUT2D eigenvalue weighted by Gasteiger charge is 2.57. The lowest BCUT2D eigenvalue weighted by molar-refractivity contribution is -0.125. The number of Topliss-reactive ketones (excluding diaryl/α,β-unsaturated/α-hetero) is 1. The van der Waals surface area contributed by atoms with Gasteiger partial charge in [-0.1, -0.05) is 38.5 Å². The number of carbonyl (C=O) groups is 1. The summed E-state index contributed by atoms with van der Waals surface area (Å²) in [4.78, 5) is 12.2. The molecule has 23 heavy (non-hydrogen) atoms. The molecule has 1 saturated heterocycles. The van der Waals surface area contributed by atoms with Crippen LogP contribution in [-0.4, -0.2) is 34.4 Å². The van der Waals surface area contributed by atoms with Crippen LogP contribution in [0, 0.1) is 17.8 Å². The molecule has 5 heteroatoms. The fourth-order valence-corrected chi connectivity index (χ4v) is 5.87. The van der Waals surface area contributed by atoms with Crippen molar-refractivity contribution < 1.29 is 14.8 Å². The van der Waals surface area contributed by atoms with Crippen molar-refractivity contribution in [3.63, 3.8) is 0 Å². The predicted molar refractivity (Wildman–Crippen MR) is 91.8 cm³/mol. The van der Waals surface area contributed by atoms with Gasteiger partial charge in [0.1, 0.15) is 5.78 Å². The van der Waals surface area contributed by atoms with Crippen LogP contribution >= 0.6 is 0 Å². The van der Waals surface area contributed by atoms with Gasteiger partial charge in [-0.05, 0) is 50.9 Å². The van der Waals surface area contributed by atoms with Crippen LogP contribution in [0.1, 0.15) is 77.6 Å². The van der Waals surface area contributed by atoms with Crippen LogP contribution < -0.4 is 5.32 Å². The number of hydrogen-bond donors (Lipinski definition) is 3. The third-order valence-corrected chi connectivity index (χ3v) is 6.93. The minimum atomic E-state index is -1.32. The second kappa shape index (κ2) is 7.24. The Bertz CT molecular complexity index is 422. The number of fused-ring (bicyclic) bond motifs is 1. The monoisotopic (exact) mass is 321 g/mol. The molecule has 0 aromatic carbocycles. The van der Waals surface area contributed by atoms with Gasteiger partial charge in [-0.25, -0.2) is 0 Å². The van der Waals surface area contributed by atoms with E-state index in [0.717, 1.165) is 25.7 Å². The molecule has 0 bridgehead atoms. The second-order valence-corrected chi connectivity index (χ2v) is 8.20. The largest absolute Gasteiger partial charge is 0.469 e. The Morgan fingerprint density at radius 1 is 1.04 bits per heavy atom. The number of carbonyl (C=O) groups excluding carboxylic acids is 1. The smallest absolute Gasteiger partial charge is 0.426 e. The molecule has 4 unspecified atom stereocenters. The van der Waals surface area contributed by atoms with Crippen LogP contribution in [0.2, 0.25) is 0 Å². The summed E-state index contributed by atoms with van der Waals surface area (Å²) >= 11 is 0.